The van der Waals surface area contributed by atoms with Crippen molar-refractivity contribution in [2.75, 3.05) is 4.90 Å². The highest BCUT2D eigenvalue weighted by molar-refractivity contribution is 6.14. The molecule has 0 aliphatic heterocycles. The lowest BCUT2D eigenvalue weighted by molar-refractivity contribution is 0.369. The van der Waals surface area contributed by atoms with Gasteiger partial charge in [-0.3, -0.25) is 0 Å². The average molecular weight is 708 g/mol. The van der Waals surface area contributed by atoms with Crippen LogP contribution in [0.3, 0.4) is 0 Å². The maximum absolute atomic E-state index is 11.6. The predicted molar refractivity (Wildman–Crippen MR) is 223 cm³/mol. The third kappa shape index (κ3) is 5.48. The Morgan fingerprint density at radius 2 is 1.02 bits per heavy atom. The van der Waals surface area contributed by atoms with Crippen molar-refractivity contribution < 1.29 is 20.4 Å². The lowest BCUT2D eigenvalue weighted by Gasteiger charge is -2.32. The molecule has 4 N–H and O–H groups in total. The molecule has 0 heterocycles. The van der Waals surface area contributed by atoms with Gasteiger partial charge in [0.15, 0.2) is 11.5 Å². The standard InChI is InChI=1S/C49H41NO4/c1-28-13-9-10-16-37(28)41-27-35(20-19-29(41)2)33-21-23-36(24-22-33)50(42-26-25-38(34-14-7-6-8-15-34)39-17-11-12-18-40(39)42)45-30(3)31(4)46(51)43-32(5)47(52)49(54)48(53)44(43)45/h6-27,51-54H,1-5H3. The van der Waals surface area contributed by atoms with Gasteiger partial charge in [-0.25, -0.2) is 0 Å². The lowest BCUT2D eigenvalue weighted by atomic mass is 9.91. The molecule has 0 aromatic heterocycles. The highest BCUT2D eigenvalue weighted by Crippen LogP contribution is 2.55. The molecule has 5 nitrogen and oxygen atoms in total. The van der Waals surface area contributed by atoms with E-state index in [1.165, 1.54) is 22.3 Å². The van der Waals surface area contributed by atoms with Crippen molar-refractivity contribution in [2.24, 2.45) is 0 Å². The number of hydrogen-bond donors (Lipinski definition) is 4. The van der Waals surface area contributed by atoms with Gasteiger partial charge in [-0.1, -0.05) is 109 Å². The smallest absolute Gasteiger partial charge is 0.201 e. The van der Waals surface area contributed by atoms with Gasteiger partial charge in [0.1, 0.15) is 5.75 Å². The summed E-state index contributed by atoms with van der Waals surface area (Å²) in [5.74, 6) is -1.66. The summed E-state index contributed by atoms with van der Waals surface area (Å²) in [5.41, 5.74) is 12.9. The van der Waals surface area contributed by atoms with Crippen LogP contribution in [0.5, 0.6) is 23.0 Å². The highest BCUT2D eigenvalue weighted by atomic mass is 16.3. The molecular weight excluding hydrogens is 667 g/mol. The van der Waals surface area contributed by atoms with Crippen molar-refractivity contribution in [1.29, 1.82) is 0 Å². The van der Waals surface area contributed by atoms with Crippen molar-refractivity contribution in [2.45, 2.75) is 34.6 Å². The zero-order valence-electron chi connectivity index (χ0n) is 30.9. The van der Waals surface area contributed by atoms with Gasteiger partial charge in [-0.05, 0) is 120 Å². The van der Waals surface area contributed by atoms with Gasteiger partial charge in [0.25, 0.3) is 0 Å². The van der Waals surface area contributed by atoms with Gasteiger partial charge in [0.2, 0.25) is 5.75 Å². The third-order valence-corrected chi connectivity index (χ3v) is 11.0. The maximum atomic E-state index is 11.6. The molecule has 0 spiro atoms. The van der Waals surface area contributed by atoms with Crippen molar-refractivity contribution in [3.05, 3.63) is 161 Å². The largest absolute Gasteiger partial charge is 0.507 e. The molecule has 0 amide bonds. The van der Waals surface area contributed by atoms with Crippen LogP contribution in [0.4, 0.5) is 17.1 Å². The molecule has 0 fully saturated rings. The third-order valence-electron chi connectivity index (χ3n) is 11.0. The van der Waals surface area contributed by atoms with Gasteiger partial charge in [0.05, 0.1) is 16.8 Å². The second-order valence-electron chi connectivity index (χ2n) is 14.1. The van der Waals surface area contributed by atoms with Gasteiger partial charge in [-0.15, -0.1) is 0 Å². The molecular formula is C49H41NO4. The molecule has 8 aromatic carbocycles. The van der Waals surface area contributed by atoms with E-state index >= 15 is 0 Å². The summed E-state index contributed by atoms with van der Waals surface area (Å²) < 4.78 is 0. The van der Waals surface area contributed by atoms with E-state index < -0.39 is 17.2 Å². The molecule has 266 valence electrons. The first-order chi connectivity index (χ1) is 26.1. The Balaban J connectivity index is 1.40. The minimum Gasteiger partial charge on any atom is -0.507 e. The zero-order valence-corrected chi connectivity index (χ0v) is 30.9. The molecule has 0 saturated heterocycles. The monoisotopic (exact) mass is 707 g/mol. The van der Waals surface area contributed by atoms with Gasteiger partial charge in [0, 0.05) is 22.0 Å². The number of rotatable bonds is 6. The molecule has 54 heavy (non-hydrogen) atoms. The molecule has 0 aliphatic carbocycles. The van der Waals surface area contributed by atoms with Crippen molar-refractivity contribution in [3.8, 4) is 56.4 Å². The summed E-state index contributed by atoms with van der Waals surface area (Å²) in [6.07, 6.45) is 0. The van der Waals surface area contributed by atoms with Crippen molar-refractivity contribution in [1.82, 2.24) is 0 Å². The molecule has 5 heteroatoms. The molecule has 0 atom stereocenters. The van der Waals surface area contributed by atoms with Crippen LogP contribution < -0.4 is 4.90 Å². The van der Waals surface area contributed by atoms with Crippen LogP contribution in [0.2, 0.25) is 0 Å². The molecule has 0 unspecified atom stereocenters. The van der Waals surface area contributed by atoms with Crippen LogP contribution in [0, 0.1) is 34.6 Å². The Hall–Kier alpha value is -6.72. The van der Waals surface area contributed by atoms with Gasteiger partial charge < -0.3 is 25.3 Å². The average Bonchev–Trinajstić information content (AvgIpc) is 3.20. The number of aryl methyl sites for hydroxylation is 3. The number of aromatic hydroxyl groups is 4. The first-order valence-electron chi connectivity index (χ1n) is 18.1. The quantitative estimate of drug-likeness (QED) is 0.129. The molecule has 0 bridgehead atoms. The number of anilines is 3. The summed E-state index contributed by atoms with van der Waals surface area (Å²) in [6.45, 7) is 9.64. The van der Waals surface area contributed by atoms with E-state index in [0.717, 1.165) is 44.4 Å². The Morgan fingerprint density at radius 1 is 0.389 bits per heavy atom. The van der Waals surface area contributed by atoms with Crippen LogP contribution >= 0.6 is 0 Å². The molecule has 8 rings (SSSR count). The first kappa shape index (κ1) is 34.4. The lowest BCUT2D eigenvalue weighted by Crippen LogP contribution is -2.14. The van der Waals surface area contributed by atoms with Crippen LogP contribution in [0.15, 0.2) is 133 Å². The summed E-state index contributed by atoms with van der Waals surface area (Å²) >= 11 is 0. The fraction of sp³-hybridized carbons (Fsp3) is 0.102. The highest BCUT2D eigenvalue weighted by Gasteiger charge is 2.29. The summed E-state index contributed by atoms with van der Waals surface area (Å²) in [5, 5.41) is 47.6. The van der Waals surface area contributed by atoms with Gasteiger partial charge >= 0.3 is 0 Å². The number of benzene rings is 8. The normalized spacial score (nSPS) is 11.4. The minimum atomic E-state index is -0.632. The van der Waals surface area contributed by atoms with Crippen LogP contribution in [0.25, 0.3) is 54.9 Å². The Morgan fingerprint density at radius 3 is 1.74 bits per heavy atom. The first-order valence-corrected chi connectivity index (χ1v) is 18.1. The topological polar surface area (TPSA) is 84.2 Å². The van der Waals surface area contributed by atoms with Crippen LogP contribution in [-0.4, -0.2) is 20.4 Å². The van der Waals surface area contributed by atoms with E-state index in [2.05, 4.69) is 122 Å². The Labute approximate surface area is 315 Å². The zero-order chi connectivity index (χ0) is 37.8. The maximum Gasteiger partial charge on any atom is 0.201 e. The van der Waals surface area contributed by atoms with Gasteiger partial charge in [-0.2, -0.15) is 0 Å². The number of nitrogens with zero attached hydrogens (tertiary/aromatic N) is 1. The Kier molecular flexibility index (Phi) is 8.50. The van der Waals surface area contributed by atoms with E-state index in [4.69, 9.17) is 0 Å². The van der Waals surface area contributed by atoms with E-state index in [0.29, 0.717) is 16.8 Å². The SMILES string of the molecule is Cc1ccccc1-c1cc(-c2ccc(N(c3ccc(-c4ccccc4)c4ccccc34)c3c(C)c(C)c(O)c4c(C)c(O)c(O)c(O)c34)cc2)ccc1C. The number of fused-ring (bicyclic) bond motifs is 2. The minimum absolute atomic E-state index is 0.0576. The summed E-state index contributed by atoms with van der Waals surface area (Å²) in [6, 6.07) is 46.1. The number of phenols is 4. The molecule has 0 radical (unpaired) electrons. The van der Waals surface area contributed by atoms with E-state index in [1.807, 2.05) is 44.2 Å². The number of hydrogen-bond acceptors (Lipinski definition) is 5. The van der Waals surface area contributed by atoms with Crippen molar-refractivity contribution in [3.63, 3.8) is 0 Å². The Bertz CT molecular complexity index is 2740. The fourth-order valence-corrected chi connectivity index (χ4v) is 7.87. The second-order valence-corrected chi connectivity index (χ2v) is 14.1. The second kappa shape index (κ2) is 13.4. The summed E-state index contributed by atoms with van der Waals surface area (Å²) in [7, 11) is 0. The van der Waals surface area contributed by atoms with Crippen molar-refractivity contribution >= 4 is 38.6 Å². The fourth-order valence-electron chi connectivity index (χ4n) is 7.87. The van der Waals surface area contributed by atoms with E-state index in [-0.39, 0.29) is 22.1 Å². The molecule has 0 saturated carbocycles. The van der Waals surface area contributed by atoms with Crippen LogP contribution in [0.1, 0.15) is 27.8 Å². The van der Waals surface area contributed by atoms with E-state index in [9.17, 15) is 20.4 Å². The molecule has 0 aliphatic rings. The predicted octanol–water partition coefficient (Wildman–Crippen LogP) is 12.8. The van der Waals surface area contributed by atoms with E-state index in [1.54, 1.807) is 6.92 Å². The summed E-state index contributed by atoms with van der Waals surface area (Å²) in [4.78, 5) is 2.09. The van der Waals surface area contributed by atoms with Crippen LogP contribution in [-0.2, 0) is 0 Å². The number of phenolic OH excluding ortho intramolecular Hbond substituents is 4. The molecule has 8 aromatic rings.